The predicted octanol–water partition coefficient (Wildman–Crippen LogP) is -0.293. The molecule has 1 aromatic rings. The first kappa shape index (κ1) is 12.9. The summed E-state index contributed by atoms with van der Waals surface area (Å²) in [7, 11) is 0. The summed E-state index contributed by atoms with van der Waals surface area (Å²) in [5.74, 6) is 0.430. The van der Waals surface area contributed by atoms with E-state index in [4.69, 9.17) is 14.9 Å². The van der Waals surface area contributed by atoms with Crippen molar-refractivity contribution < 1.29 is 19.7 Å². The molecule has 0 saturated heterocycles. The minimum absolute atomic E-state index is 0.0630. The molecule has 0 aliphatic carbocycles. The van der Waals surface area contributed by atoms with Gasteiger partial charge in [0.1, 0.15) is 12.4 Å². The van der Waals surface area contributed by atoms with Crippen molar-refractivity contribution in [2.24, 2.45) is 5.92 Å². The number of amides is 1. The Kier molecular flexibility index (Phi) is 4.17. The Balaban J connectivity index is 1.90. The van der Waals surface area contributed by atoms with Gasteiger partial charge in [-0.25, -0.2) is 0 Å². The van der Waals surface area contributed by atoms with Crippen molar-refractivity contribution in [3.05, 3.63) is 29.8 Å². The van der Waals surface area contributed by atoms with Crippen molar-refractivity contribution in [1.82, 2.24) is 5.32 Å². The zero-order valence-electron chi connectivity index (χ0n) is 10.0. The molecule has 0 aromatic heterocycles. The number of aliphatic hydroxyl groups excluding tert-OH is 2. The van der Waals surface area contributed by atoms with E-state index in [0.29, 0.717) is 13.0 Å². The van der Waals surface area contributed by atoms with Crippen LogP contribution >= 0.6 is 0 Å². The molecule has 5 nitrogen and oxygen atoms in total. The van der Waals surface area contributed by atoms with E-state index < -0.39 is 6.10 Å². The minimum Gasteiger partial charge on any atom is -0.492 e. The van der Waals surface area contributed by atoms with Crippen LogP contribution in [-0.4, -0.2) is 42.0 Å². The van der Waals surface area contributed by atoms with E-state index in [-0.39, 0.29) is 25.0 Å². The second-order valence-corrected chi connectivity index (χ2v) is 4.40. The molecular formula is C13H17NO4. The number of carbonyl (C=O) groups excluding carboxylic acids is 1. The molecule has 98 valence electrons. The molecule has 3 N–H and O–H groups in total. The molecule has 0 fully saturated rings. The lowest BCUT2D eigenvalue weighted by Gasteiger charge is -2.24. The van der Waals surface area contributed by atoms with Gasteiger partial charge >= 0.3 is 0 Å². The molecule has 0 bridgehead atoms. The molecule has 2 atom stereocenters. The van der Waals surface area contributed by atoms with E-state index in [2.05, 4.69) is 5.32 Å². The first-order chi connectivity index (χ1) is 8.70. The monoisotopic (exact) mass is 251 g/mol. The van der Waals surface area contributed by atoms with Crippen molar-refractivity contribution in [2.45, 2.75) is 12.5 Å². The number of nitrogens with one attached hydrogen (secondary N) is 1. The van der Waals surface area contributed by atoms with E-state index in [0.717, 1.165) is 11.3 Å². The van der Waals surface area contributed by atoms with Crippen LogP contribution in [0.1, 0.15) is 5.56 Å². The van der Waals surface area contributed by atoms with Gasteiger partial charge in [0.05, 0.1) is 18.6 Å². The van der Waals surface area contributed by atoms with Gasteiger partial charge in [-0.1, -0.05) is 18.2 Å². The van der Waals surface area contributed by atoms with E-state index in [9.17, 15) is 4.79 Å². The van der Waals surface area contributed by atoms with Gasteiger partial charge in [0, 0.05) is 6.54 Å². The molecule has 5 heteroatoms. The van der Waals surface area contributed by atoms with E-state index in [1.807, 2.05) is 24.3 Å². The predicted molar refractivity (Wildman–Crippen MR) is 65.2 cm³/mol. The fourth-order valence-corrected chi connectivity index (χ4v) is 1.92. The molecule has 0 saturated carbocycles. The number of hydrogen-bond acceptors (Lipinski definition) is 4. The van der Waals surface area contributed by atoms with Crippen LogP contribution in [0.15, 0.2) is 24.3 Å². The van der Waals surface area contributed by atoms with Crippen molar-refractivity contribution in [3.8, 4) is 5.75 Å². The molecule has 2 unspecified atom stereocenters. The molecule has 0 spiro atoms. The molecule has 1 aliphatic heterocycles. The largest absolute Gasteiger partial charge is 0.492 e. The molecule has 1 aromatic carbocycles. The van der Waals surface area contributed by atoms with E-state index >= 15 is 0 Å². The van der Waals surface area contributed by atoms with Crippen LogP contribution < -0.4 is 10.1 Å². The summed E-state index contributed by atoms with van der Waals surface area (Å²) in [4.78, 5) is 11.8. The number of carbonyl (C=O) groups is 1. The molecule has 0 radical (unpaired) electrons. The number of rotatable bonds is 4. The van der Waals surface area contributed by atoms with Crippen LogP contribution in [0.25, 0.3) is 0 Å². The average molecular weight is 251 g/mol. The summed E-state index contributed by atoms with van der Waals surface area (Å²) >= 11 is 0. The normalized spacial score (nSPS) is 19.6. The lowest BCUT2D eigenvalue weighted by molar-refractivity contribution is -0.126. The summed E-state index contributed by atoms with van der Waals surface area (Å²) < 4.78 is 5.52. The number of para-hydroxylation sites is 1. The highest BCUT2D eigenvalue weighted by molar-refractivity contribution is 5.79. The first-order valence-corrected chi connectivity index (χ1v) is 5.98. The van der Waals surface area contributed by atoms with Crippen LogP contribution in [0.4, 0.5) is 0 Å². The van der Waals surface area contributed by atoms with E-state index in [1.54, 1.807) is 0 Å². The summed E-state index contributed by atoms with van der Waals surface area (Å²) in [6.07, 6.45) is -0.275. The summed E-state index contributed by atoms with van der Waals surface area (Å²) in [5.41, 5.74) is 1.02. The van der Waals surface area contributed by atoms with Crippen LogP contribution in [0.5, 0.6) is 5.75 Å². The maximum absolute atomic E-state index is 11.8. The molecule has 18 heavy (non-hydrogen) atoms. The summed E-state index contributed by atoms with van der Waals surface area (Å²) in [5, 5.41) is 20.4. The molecule has 1 heterocycles. The first-order valence-electron chi connectivity index (χ1n) is 5.98. The Labute approximate surface area is 105 Å². The highest BCUT2D eigenvalue weighted by atomic mass is 16.5. The van der Waals surface area contributed by atoms with Crippen molar-refractivity contribution in [3.63, 3.8) is 0 Å². The molecule has 2 rings (SSSR count). The van der Waals surface area contributed by atoms with Crippen LogP contribution in [-0.2, 0) is 11.2 Å². The van der Waals surface area contributed by atoms with Gasteiger partial charge in [0.2, 0.25) is 5.91 Å². The van der Waals surface area contributed by atoms with Crippen molar-refractivity contribution in [1.29, 1.82) is 0 Å². The van der Waals surface area contributed by atoms with Gasteiger partial charge in [-0.2, -0.15) is 0 Å². The lowest BCUT2D eigenvalue weighted by Crippen LogP contribution is -2.41. The third-order valence-electron chi connectivity index (χ3n) is 2.97. The minimum atomic E-state index is -0.911. The zero-order chi connectivity index (χ0) is 13.0. The third-order valence-corrected chi connectivity index (χ3v) is 2.97. The Bertz CT molecular complexity index is 421. The Morgan fingerprint density at radius 3 is 3.06 bits per heavy atom. The van der Waals surface area contributed by atoms with Gasteiger partial charge in [-0.05, 0) is 18.1 Å². The number of fused-ring (bicyclic) bond motifs is 1. The molecule has 1 aliphatic rings. The maximum atomic E-state index is 11.8. The highest BCUT2D eigenvalue weighted by Crippen LogP contribution is 2.26. The fourth-order valence-electron chi connectivity index (χ4n) is 1.92. The number of ether oxygens (including phenoxy) is 1. The topological polar surface area (TPSA) is 78.8 Å². The lowest BCUT2D eigenvalue weighted by atomic mass is 9.96. The zero-order valence-corrected chi connectivity index (χ0v) is 10.0. The SMILES string of the molecule is O=C(NCC(O)CO)C1COc2ccccc2C1. The third kappa shape index (κ3) is 3.00. The Hall–Kier alpha value is -1.59. The Morgan fingerprint density at radius 1 is 1.50 bits per heavy atom. The highest BCUT2D eigenvalue weighted by Gasteiger charge is 2.25. The Morgan fingerprint density at radius 2 is 2.28 bits per heavy atom. The van der Waals surface area contributed by atoms with Gasteiger partial charge in [0.15, 0.2) is 0 Å². The second kappa shape index (κ2) is 5.84. The van der Waals surface area contributed by atoms with Gasteiger partial charge < -0.3 is 20.3 Å². The number of benzene rings is 1. The fraction of sp³-hybridized carbons (Fsp3) is 0.462. The van der Waals surface area contributed by atoms with Crippen LogP contribution in [0, 0.1) is 5.92 Å². The smallest absolute Gasteiger partial charge is 0.226 e. The quantitative estimate of drug-likeness (QED) is 0.687. The average Bonchev–Trinajstić information content (AvgIpc) is 2.43. The maximum Gasteiger partial charge on any atom is 0.226 e. The second-order valence-electron chi connectivity index (χ2n) is 4.40. The number of hydrogen-bond donors (Lipinski definition) is 3. The van der Waals surface area contributed by atoms with Crippen LogP contribution in [0.3, 0.4) is 0 Å². The molecule has 1 amide bonds. The van der Waals surface area contributed by atoms with Crippen LogP contribution in [0.2, 0.25) is 0 Å². The van der Waals surface area contributed by atoms with E-state index in [1.165, 1.54) is 0 Å². The van der Waals surface area contributed by atoms with Gasteiger partial charge in [0.25, 0.3) is 0 Å². The van der Waals surface area contributed by atoms with Gasteiger partial charge in [-0.3, -0.25) is 4.79 Å². The summed E-state index contributed by atoms with van der Waals surface area (Å²) in [6, 6.07) is 7.64. The standard InChI is InChI=1S/C13H17NO4/c15-7-11(16)6-14-13(17)10-5-9-3-1-2-4-12(9)18-8-10/h1-4,10-11,15-16H,5-8H2,(H,14,17). The number of aliphatic hydroxyl groups is 2. The van der Waals surface area contributed by atoms with Crippen molar-refractivity contribution in [2.75, 3.05) is 19.8 Å². The van der Waals surface area contributed by atoms with Gasteiger partial charge in [-0.15, -0.1) is 0 Å². The molecular weight excluding hydrogens is 234 g/mol. The van der Waals surface area contributed by atoms with Crippen molar-refractivity contribution >= 4 is 5.91 Å². The summed E-state index contributed by atoms with van der Waals surface area (Å²) in [6.45, 7) is 0.0514.